The highest BCUT2D eigenvalue weighted by molar-refractivity contribution is 5.37. The lowest BCUT2D eigenvalue weighted by Crippen LogP contribution is -2.03. The molecule has 1 heterocycles. The van der Waals surface area contributed by atoms with Gasteiger partial charge in [-0.2, -0.15) is 5.10 Å². The molecular weight excluding hydrogens is 252 g/mol. The molecule has 0 saturated heterocycles. The third kappa shape index (κ3) is 3.39. The molecule has 108 valence electrons. The predicted molar refractivity (Wildman–Crippen MR) is 78.9 cm³/mol. The second kappa shape index (κ2) is 6.57. The van der Waals surface area contributed by atoms with E-state index in [0.717, 1.165) is 35.4 Å². The molecule has 20 heavy (non-hydrogen) atoms. The van der Waals surface area contributed by atoms with Crippen LogP contribution in [-0.2, 0) is 13.0 Å². The van der Waals surface area contributed by atoms with Gasteiger partial charge in [0.15, 0.2) is 0 Å². The molecule has 0 saturated carbocycles. The summed E-state index contributed by atoms with van der Waals surface area (Å²) in [6.45, 7) is 5.02. The first-order valence-electron chi connectivity index (χ1n) is 6.98. The maximum atomic E-state index is 10.4. The van der Waals surface area contributed by atoms with Crippen LogP contribution in [0.25, 0.3) is 0 Å². The Morgan fingerprint density at radius 3 is 2.90 bits per heavy atom. The second-order valence-corrected chi connectivity index (χ2v) is 5.07. The molecule has 1 aromatic carbocycles. The molecule has 0 aliphatic rings. The number of hydrogen-bond acceptors (Lipinski definition) is 3. The normalized spacial score (nSPS) is 12.4. The Hall–Kier alpha value is -1.81. The van der Waals surface area contributed by atoms with Crippen molar-refractivity contribution in [2.75, 3.05) is 7.11 Å². The summed E-state index contributed by atoms with van der Waals surface area (Å²) in [5.74, 6) is 0.815. The lowest BCUT2D eigenvalue weighted by Gasteiger charge is -2.13. The molecule has 4 heteroatoms. The number of aryl methyl sites for hydroxylation is 2. The maximum Gasteiger partial charge on any atom is 0.122 e. The van der Waals surface area contributed by atoms with E-state index >= 15 is 0 Å². The largest absolute Gasteiger partial charge is 0.496 e. The summed E-state index contributed by atoms with van der Waals surface area (Å²) in [7, 11) is 1.65. The van der Waals surface area contributed by atoms with E-state index in [4.69, 9.17) is 4.74 Å². The van der Waals surface area contributed by atoms with Crippen molar-refractivity contribution in [2.45, 2.75) is 39.3 Å². The highest BCUT2D eigenvalue weighted by Crippen LogP contribution is 2.25. The molecule has 2 rings (SSSR count). The quantitative estimate of drug-likeness (QED) is 0.881. The van der Waals surface area contributed by atoms with Crippen LogP contribution in [0.4, 0.5) is 0 Å². The zero-order valence-electron chi connectivity index (χ0n) is 12.3. The Labute approximate surface area is 120 Å². The number of aromatic nitrogens is 2. The molecule has 0 aliphatic carbocycles. The van der Waals surface area contributed by atoms with Crippen LogP contribution in [0.5, 0.6) is 5.75 Å². The summed E-state index contributed by atoms with van der Waals surface area (Å²) in [6.07, 6.45) is 4.65. The van der Waals surface area contributed by atoms with Gasteiger partial charge in [-0.1, -0.05) is 24.6 Å². The molecular formula is C16H22N2O2. The van der Waals surface area contributed by atoms with Crippen LogP contribution in [0.3, 0.4) is 0 Å². The summed E-state index contributed by atoms with van der Waals surface area (Å²) < 4.78 is 7.22. The van der Waals surface area contributed by atoms with Crippen LogP contribution in [0.1, 0.15) is 36.1 Å². The van der Waals surface area contributed by atoms with Crippen molar-refractivity contribution >= 4 is 0 Å². The van der Waals surface area contributed by atoms with Gasteiger partial charge in [-0.15, -0.1) is 0 Å². The van der Waals surface area contributed by atoms with Gasteiger partial charge in [0, 0.05) is 24.7 Å². The van der Waals surface area contributed by atoms with Crippen molar-refractivity contribution in [3.05, 3.63) is 47.3 Å². The van der Waals surface area contributed by atoms with E-state index in [2.05, 4.69) is 18.1 Å². The van der Waals surface area contributed by atoms with E-state index in [1.807, 2.05) is 29.9 Å². The molecule has 0 bridgehead atoms. The molecule has 0 radical (unpaired) electrons. The van der Waals surface area contributed by atoms with E-state index in [-0.39, 0.29) is 0 Å². The van der Waals surface area contributed by atoms with Crippen molar-refractivity contribution in [2.24, 2.45) is 0 Å². The summed E-state index contributed by atoms with van der Waals surface area (Å²) in [5.41, 5.74) is 3.03. The summed E-state index contributed by atoms with van der Waals surface area (Å²) in [6, 6.07) is 6.00. The van der Waals surface area contributed by atoms with Gasteiger partial charge < -0.3 is 9.84 Å². The Bertz CT molecular complexity index is 563. The number of nitrogens with zero attached hydrogens (tertiary/aromatic N) is 2. The standard InChI is InChI=1S/C16H22N2O2/c1-4-7-18-11-14(10-17-18)15(19)9-13-8-12(2)5-6-16(13)20-3/h5-6,8,10-11,15,19H,4,7,9H2,1-3H3. The Kier molecular flexibility index (Phi) is 4.79. The third-order valence-electron chi connectivity index (χ3n) is 3.34. The summed E-state index contributed by atoms with van der Waals surface area (Å²) in [4.78, 5) is 0. The van der Waals surface area contributed by atoms with Gasteiger partial charge in [0.25, 0.3) is 0 Å². The number of methoxy groups -OCH3 is 1. The average molecular weight is 274 g/mol. The van der Waals surface area contributed by atoms with Crippen molar-refractivity contribution < 1.29 is 9.84 Å². The molecule has 4 nitrogen and oxygen atoms in total. The number of hydrogen-bond donors (Lipinski definition) is 1. The van der Waals surface area contributed by atoms with Gasteiger partial charge in [-0.3, -0.25) is 4.68 Å². The second-order valence-electron chi connectivity index (χ2n) is 5.07. The molecule has 1 atom stereocenters. The van der Waals surface area contributed by atoms with Crippen molar-refractivity contribution in [3.8, 4) is 5.75 Å². The number of benzene rings is 1. The zero-order chi connectivity index (χ0) is 14.5. The molecule has 2 aromatic rings. The fraction of sp³-hybridized carbons (Fsp3) is 0.438. The summed E-state index contributed by atoms with van der Waals surface area (Å²) >= 11 is 0. The van der Waals surface area contributed by atoms with Crippen LogP contribution in [0.2, 0.25) is 0 Å². The van der Waals surface area contributed by atoms with Gasteiger partial charge in [0.2, 0.25) is 0 Å². The SMILES string of the molecule is CCCn1cc(C(O)Cc2cc(C)ccc2OC)cn1. The van der Waals surface area contributed by atoms with Crippen LogP contribution < -0.4 is 4.74 Å². The van der Waals surface area contributed by atoms with Crippen LogP contribution >= 0.6 is 0 Å². The first kappa shape index (κ1) is 14.6. The number of aliphatic hydroxyl groups excluding tert-OH is 1. The Balaban J connectivity index is 2.13. The number of aliphatic hydroxyl groups is 1. The van der Waals surface area contributed by atoms with E-state index < -0.39 is 6.10 Å². The molecule has 0 spiro atoms. The van der Waals surface area contributed by atoms with E-state index in [0.29, 0.717) is 6.42 Å². The predicted octanol–water partition coefficient (Wildman–Crippen LogP) is 2.89. The van der Waals surface area contributed by atoms with Crippen LogP contribution in [0.15, 0.2) is 30.6 Å². The van der Waals surface area contributed by atoms with Crippen molar-refractivity contribution in [1.82, 2.24) is 9.78 Å². The molecule has 0 aliphatic heterocycles. The molecule has 1 N–H and O–H groups in total. The number of ether oxygens (including phenoxy) is 1. The molecule has 1 aromatic heterocycles. The minimum absolute atomic E-state index is 0.530. The minimum atomic E-state index is -0.559. The summed E-state index contributed by atoms with van der Waals surface area (Å²) in [5, 5.41) is 14.6. The first-order chi connectivity index (χ1) is 9.63. The monoisotopic (exact) mass is 274 g/mol. The van der Waals surface area contributed by atoms with Gasteiger partial charge in [0.05, 0.1) is 19.4 Å². The van der Waals surface area contributed by atoms with Crippen LogP contribution in [0, 0.1) is 6.92 Å². The Morgan fingerprint density at radius 1 is 1.40 bits per heavy atom. The minimum Gasteiger partial charge on any atom is -0.496 e. The van der Waals surface area contributed by atoms with E-state index in [1.54, 1.807) is 13.3 Å². The van der Waals surface area contributed by atoms with Gasteiger partial charge in [0.1, 0.15) is 5.75 Å². The average Bonchev–Trinajstić information content (AvgIpc) is 2.88. The maximum absolute atomic E-state index is 10.4. The van der Waals surface area contributed by atoms with E-state index in [9.17, 15) is 5.11 Å². The zero-order valence-corrected chi connectivity index (χ0v) is 12.3. The lowest BCUT2D eigenvalue weighted by atomic mass is 10.0. The highest BCUT2D eigenvalue weighted by atomic mass is 16.5. The lowest BCUT2D eigenvalue weighted by molar-refractivity contribution is 0.177. The molecule has 0 fully saturated rings. The fourth-order valence-corrected chi connectivity index (χ4v) is 2.30. The highest BCUT2D eigenvalue weighted by Gasteiger charge is 2.14. The van der Waals surface area contributed by atoms with Crippen LogP contribution in [-0.4, -0.2) is 22.0 Å². The first-order valence-corrected chi connectivity index (χ1v) is 6.98. The van der Waals surface area contributed by atoms with Gasteiger partial charge in [-0.05, 0) is 25.0 Å². The smallest absolute Gasteiger partial charge is 0.122 e. The third-order valence-corrected chi connectivity index (χ3v) is 3.34. The fourth-order valence-electron chi connectivity index (χ4n) is 2.30. The van der Waals surface area contributed by atoms with E-state index in [1.165, 1.54) is 0 Å². The van der Waals surface area contributed by atoms with Crippen molar-refractivity contribution in [1.29, 1.82) is 0 Å². The number of rotatable bonds is 6. The Morgan fingerprint density at radius 2 is 2.20 bits per heavy atom. The topological polar surface area (TPSA) is 47.3 Å². The van der Waals surface area contributed by atoms with Crippen molar-refractivity contribution in [3.63, 3.8) is 0 Å². The molecule has 1 unspecified atom stereocenters. The molecule has 0 amide bonds. The van der Waals surface area contributed by atoms with Gasteiger partial charge >= 0.3 is 0 Å². The van der Waals surface area contributed by atoms with Gasteiger partial charge in [-0.25, -0.2) is 0 Å².